The van der Waals surface area contributed by atoms with Crippen LogP contribution in [-0.2, 0) is 0 Å². The number of nitrogens with zero attached hydrogens (tertiary/aromatic N) is 2. The van der Waals surface area contributed by atoms with Crippen LogP contribution in [0.25, 0.3) is 0 Å². The van der Waals surface area contributed by atoms with E-state index < -0.39 is 0 Å². The maximum absolute atomic E-state index is 6.32. The van der Waals surface area contributed by atoms with E-state index in [1.54, 1.807) is 7.11 Å². The summed E-state index contributed by atoms with van der Waals surface area (Å²) in [7, 11) is 3.93. The second-order valence-electron chi connectivity index (χ2n) is 6.12. The summed E-state index contributed by atoms with van der Waals surface area (Å²) in [4.78, 5) is 4.99. The first-order valence-corrected chi connectivity index (χ1v) is 7.90. The van der Waals surface area contributed by atoms with E-state index in [1.807, 2.05) is 6.07 Å². The Balaban J connectivity index is 2.22. The lowest BCUT2D eigenvalue weighted by Crippen LogP contribution is -2.54. The van der Waals surface area contributed by atoms with Crippen molar-refractivity contribution in [1.29, 1.82) is 0 Å². The van der Waals surface area contributed by atoms with Gasteiger partial charge in [0.1, 0.15) is 5.75 Å². The normalized spacial score (nSPS) is 23.8. The van der Waals surface area contributed by atoms with E-state index in [-0.39, 0.29) is 12.1 Å². The van der Waals surface area contributed by atoms with Crippen LogP contribution < -0.4 is 10.5 Å². The number of benzene rings is 1. The van der Waals surface area contributed by atoms with Crippen molar-refractivity contribution in [2.75, 3.05) is 33.8 Å². The first-order chi connectivity index (χ1) is 10.1. The standard InChI is InChI=1S/C17H29N3O/c1-5-15-12-20(10-9-19(15)3)17(13(2)18)14-7-6-8-16(11-14)21-4/h6-8,11,13,15,17H,5,9-10,12,18H2,1-4H3. The van der Waals surface area contributed by atoms with Crippen LogP contribution in [0.3, 0.4) is 0 Å². The van der Waals surface area contributed by atoms with Gasteiger partial charge in [0.2, 0.25) is 0 Å². The molecule has 21 heavy (non-hydrogen) atoms. The topological polar surface area (TPSA) is 41.7 Å². The van der Waals surface area contributed by atoms with Gasteiger partial charge in [-0.2, -0.15) is 0 Å². The molecule has 1 heterocycles. The summed E-state index contributed by atoms with van der Waals surface area (Å²) in [6.45, 7) is 7.61. The van der Waals surface area contributed by atoms with Crippen LogP contribution >= 0.6 is 0 Å². The number of likely N-dealkylation sites (N-methyl/N-ethyl adjacent to an activating group) is 1. The lowest BCUT2D eigenvalue weighted by Gasteiger charge is -2.44. The van der Waals surface area contributed by atoms with Gasteiger partial charge in [-0.3, -0.25) is 4.90 Å². The summed E-state index contributed by atoms with van der Waals surface area (Å²) < 4.78 is 5.36. The van der Waals surface area contributed by atoms with Gasteiger partial charge in [0.05, 0.1) is 7.11 Å². The number of hydrogen-bond donors (Lipinski definition) is 1. The van der Waals surface area contributed by atoms with Gasteiger partial charge in [-0.25, -0.2) is 0 Å². The van der Waals surface area contributed by atoms with Crippen LogP contribution in [0, 0.1) is 0 Å². The van der Waals surface area contributed by atoms with Crippen molar-refractivity contribution in [1.82, 2.24) is 9.80 Å². The van der Waals surface area contributed by atoms with E-state index >= 15 is 0 Å². The number of ether oxygens (including phenoxy) is 1. The van der Waals surface area contributed by atoms with Crippen LogP contribution in [-0.4, -0.2) is 55.7 Å². The summed E-state index contributed by atoms with van der Waals surface area (Å²) in [5.74, 6) is 0.902. The van der Waals surface area contributed by atoms with Crippen LogP contribution in [0.2, 0.25) is 0 Å². The van der Waals surface area contributed by atoms with Crippen LogP contribution in [0.15, 0.2) is 24.3 Å². The van der Waals surface area contributed by atoms with Gasteiger partial charge in [-0.1, -0.05) is 19.1 Å². The summed E-state index contributed by atoms with van der Waals surface area (Å²) in [6.07, 6.45) is 1.18. The van der Waals surface area contributed by atoms with Gasteiger partial charge in [-0.05, 0) is 38.1 Å². The molecule has 1 aromatic rings. The highest BCUT2D eigenvalue weighted by molar-refractivity contribution is 5.31. The van der Waals surface area contributed by atoms with E-state index in [2.05, 4.69) is 48.9 Å². The van der Waals surface area contributed by atoms with E-state index in [0.29, 0.717) is 6.04 Å². The molecule has 3 atom stereocenters. The SMILES string of the molecule is CCC1CN(C(c2cccc(OC)c2)C(C)N)CCN1C. The van der Waals surface area contributed by atoms with Crippen molar-refractivity contribution in [2.24, 2.45) is 5.73 Å². The third-order valence-corrected chi connectivity index (χ3v) is 4.61. The average Bonchev–Trinajstić information content (AvgIpc) is 2.49. The maximum Gasteiger partial charge on any atom is 0.119 e. The predicted octanol–water partition coefficient (Wildman–Crippen LogP) is 2.11. The van der Waals surface area contributed by atoms with E-state index in [9.17, 15) is 0 Å². The Kier molecular flexibility index (Phi) is 5.62. The molecular formula is C17H29N3O. The minimum Gasteiger partial charge on any atom is -0.497 e. The second-order valence-corrected chi connectivity index (χ2v) is 6.12. The third-order valence-electron chi connectivity index (χ3n) is 4.61. The van der Waals surface area contributed by atoms with Crippen molar-refractivity contribution in [3.8, 4) is 5.75 Å². The number of methoxy groups -OCH3 is 1. The Morgan fingerprint density at radius 1 is 1.38 bits per heavy atom. The summed E-state index contributed by atoms with van der Waals surface area (Å²) in [5.41, 5.74) is 7.57. The molecule has 0 aliphatic carbocycles. The zero-order valence-corrected chi connectivity index (χ0v) is 13.7. The Bertz CT molecular complexity index is 449. The molecule has 118 valence electrons. The fraction of sp³-hybridized carbons (Fsp3) is 0.647. The molecule has 4 heteroatoms. The van der Waals surface area contributed by atoms with Gasteiger partial charge in [-0.15, -0.1) is 0 Å². The minimum atomic E-state index is 0.0954. The number of rotatable bonds is 5. The predicted molar refractivity (Wildman–Crippen MR) is 87.7 cm³/mol. The zero-order valence-electron chi connectivity index (χ0n) is 13.7. The van der Waals surface area contributed by atoms with Crippen LogP contribution in [0.1, 0.15) is 31.9 Å². The van der Waals surface area contributed by atoms with Crippen LogP contribution in [0.5, 0.6) is 5.75 Å². The Hall–Kier alpha value is -1.10. The number of hydrogen-bond acceptors (Lipinski definition) is 4. The molecule has 1 saturated heterocycles. The molecule has 3 unspecified atom stereocenters. The molecule has 0 aromatic heterocycles. The molecule has 2 rings (SSSR count). The molecule has 1 aliphatic heterocycles. The summed E-state index contributed by atoms with van der Waals surface area (Å²) in [5, 5.41) is 0. The highest BCUT2D eigenvalue weighted by Gasteiger charge is 2.30. The number of piperazine rings is 1. The van der Waals surface area contributed by atoms with Gasteiger partial charge in [0.15, 0.2) is 0 Å². The largest absolute Gasteiger partial charge is 0.497 e. The first-order valence-electron chi connectivity index (χ1n) is 7.90. The monoisotopic (exact) mass is 291 g/mol. The van der Waals surface area contributed by atoms with Gasteiger partial charge in [0.25, 0.3) is 0 Å². The lowest BCUT2D eigenvalue weighted by atomic mass is 9.96. The molecule has 2 N–H and O–H groups in total. The van der Waals surface area contributed by atoms with E-state index in [4.69, 9.17) is 10.5 Å². The van der Waals surface area contributed by atoms with Gasteiger partial charge in [0, 0.05) is 37.8 Å². The van der Waals surface area contributed by atoms with E-state index in [1.165, 1.54) is 12.0 Å². The number of nitrogens with two attached hydrogens (primary N) is 1. The van der Waals surface area contributed by atoms with Crippen molar-refractivity contribution < 1.29 is 4.74 Å². The quantitative estimate of drug-likeness (QED) is 0.902. The van der Waals surface area contributed by atoms with Crippen LogP contribution in [0.4, 0.5) is 0 Å². The molecule has 0 spiro atoms. The highest BCUT2D eigenvalue weighted by Crippen LogP contribution is 2.28. The van der Waals surface area contributed by atoms with Gasteiger partial charge >= 0.3 is 0 Å². The molecule has 1 fully saturated rings. The third kappa shape index (κ3) is 3.76. The molecule has 0 bridgehead atoms. The Labute approximate surface area is 128 Å². The van der Waals surface area contributed by atoms with Crippen molar-refractivity contribution in [2.45, 2.75) is 38.4 Å². The Morgan fingerprint density at radius 3 is 2.76 bits per heavy atom. The molecule has 0 radical (unpaired) electrons. The summed E-state index contributed by atoms with van der Waals surface area (Å²) in [6, 6.07) is 9.28. The Morgan fingerprint density at radius 2 is 2.14 bits per heavy atom. The minimum absolute atomic E-state index is 0.0954. The fourth-order valence-electron chi connectivity index (χ4n) is 3.34. The average molecular weight is 291 g/mol. The molecule has 0 amide bonds. The lowest BCUT2D eigenvalue weighted by molar-refractivity contribution is 0.0549. The van der Waals surface area contributed by atoms with E-state index in [0.717, 1.165) is 25.4 Å². The molecule has 0 saturated carbocycles. The maximum atomic E-state index is 6.32. The first kappa shape index (κ1) is 16.3. The molecular weight excluding hydrogens is 262 g/mol. The molecule has 1 aromatic carbocycles. The van der Waals surface area contributed by atoms with Crippen molar-refractivity contribution >= 4 is 0 Å². The molecule has 4 nitrogen and oxygen atoms in total. The highest BCUT2D eigenvalue weighted by atomic mass is 16.5. The summed E-state index contributed by atoms with van der Waals surface area (Å²) >= 11 is 0. The second kappa shape index (κ2) is 7.25. The van der Waals surface area contributed by atoms with Crippen molar-refractivity contribution in [3.05, 3.63) is 29.8 Å². The smallest absolute Gasteiger partial charge is 0.119 e. The fourth-order valence-corrected chi connectivity index (χ4v) is 3.34. The molecule has 1 aliphatic rings. The van der Waals surface area contributed by atoms with Gasteiger partial charge < -0.3 is 15.4 Å². The van der Waals surface area contributed by atoms with Crippen molar-refractivity contribution in [3.63, 3.8) is 0 Å². The zero-order chi connectivity index (χ0) is 15.4.